The number of ether oxygens (including phenoxy) is 2. The van der Waals surface area contributed by atoms with Crippen LogP contribution in [0, 0.1) is 41.4 Å². The molecule has 0 saturated carbocycles. The summed E-state index contributed by atoms with van der Waals surface area (Å²) >= 11 is 0. The maximum Gasteiger partial charge on any atom is 1.00 e. The van der Waals surface area contributed by atoms with Crippen molar-refractivity contribution in [3.63, 3.8) is 0 Å². The molecule has 2 heterocycles. The van der Waals surface area contributed by atoms with Crippen molar-refractivity contribution >= 4 is 17.9 Å². The summed E-state index contributed by atoms with van der Waals surface area (Å²) in [5, 5.41) is 27.6. The molecule has 0 spiro atoms. The van der Waals surface area contributed by atoms with Gasteiger partial charge in [0.15, 0.2) is 0 Å². The fourth-order valence-corrected chi connectivity index (χ4v) is 8.63. The predicted octanol–water partition coefficient (Wildman–Crippen LogP) is 4.13. The van der Waals surface area contributed by atoms with E-state index in [1.54, 1.807) is 6.92 Å². The predicted molar refractivity (Wildman–Crippen MR) is 198 cm³/mol. The van der Waals surface area contributed by atoms with E-state index >= 15 is 0 Å². The van der Waals surface area contributed by atoms with Crippen molar-refractivity contribution in [2.45, 2.75) is 148 Å². The number of carboxylic acids is 1. The number of fused-ring (bicyclic) bond motifs is 2. The molecule has 11 heteroatoms. The third kappa shape index (κ3) is 14.8. The van der Waals surface area contributed by atoms with Gasteiger partial charge in [0.1, 0.15) is 12.2 Å². The fourth-order valence-electron chi connectivity index (χ4n) is 8.63. The van der Waals surface area contributed by atoms with Crippen LogP contribution in [0.5, 0.6) is 0 Å². The van der Waals surface area contributed by atoms with Gasteiger partial charge in [-0.05, 0) is 117 Å². The summed E-state index contributed by atoms with van der Waals surface area (Å²) in [5.74, 6) is 2.48. The molecule has 11 unspecified atom stereocenters. The largest absolute Gasteiger partial charge is 1.00 e. The Morgan fingerprint density at radius 3 is 1.54 bits per heavy atom. The molecule has 2 saturated heterocycles. The van der Waals surface area contributed by atoms with Crippen LogP contribution in [-0.2, 0) is 23.9 Å². The molecule has 0 aromatic rings. The Bertz CT molecular complexity index is 1170. The van der Waals surface area contributed by atoms with Gasteiger partial charge in [-0.15, -0.1) is 0 Å². The number of hydrogen-bond donors (Lipinski definition) is 3. The molecule has 10 nitrogen and oxygen atoms in total. The smallest absolute Gasteiger partial charge is 0.870 e. The Hall–Kier alpha value is -1.15. The average Bonchev–Trinajstić information content (AvgIpc) is 3.06. The van der Waals surface area contributed by atoms with Crippen molar-refractivity contribution in [1.82, 2.24) is 0 Å². The minimum absolute atomic E-state index is 0. The van der Waals surface area contributed by atoms with Gasteiger partial charge in [-0.1, -0.05) is 64.2 Å². The molecule has 6 rings (SSSR count). The van der Waals surface area contributed by atoms with E-state index in [1.807, 2.05) is 6.92 Å². The molecule has 6 aliphatic rings. The first kappa shape index (κ1) is 48.9. The van der Waals surface area contributed by atoms with Gasteiger partial charge in [0.2, 0.25) is 0 Å². The van der Waals surface area contributed by atoms with E-state index in [2.05, 4.69) is 50.3 Å². The summed E-state index contributed by atoms with van der Waals surface area (Å²) in [7, 11) is 0. The molecule has 52 heavy (non-hydrogen) atoms. The SMILES string of the molecule is CC1C=CC2=CCCCC2C1CCC1CC(O)CC(=O)O1.CC1C=CC2=CCCCC2C1CCC1CC(O)CC(=O)O1.CCC(C)C(=O)O.O.[2HH].[K+].[OH-]. The summed E-state index contributed by atoms with van der Waals surface area (Å²) in [5.41, 5.74) is 3.04. The quantitative estimate of drug-likeness (QED) is 0.241. The summed E-state index contributed by atoms with van der Waals surface area (Å²) < 4.78 is 10.8. The molecule has 292 valence electrons. The summed E-state index contributed by atoms with van der Waals surface area (Å²) in [6, 6.07) is 0. The number of allylic oxidation sites excluding steroid dienone is 8. The van der Waals surface area contributed by atoms with E-state index in [0.29, 0.717) is 48.3 Å². The topological polar surface area (TPSA) is 192 Å². The maximum atomic E-state index is 11.4. The number of aliphatic hydroxyl groups excluding tert-OH is 2. The van der Waals surface area contributed by atoms with Crippen LogP contribution in [0.25, 0.3) is 0 Å². The number of carbonyl (C=O) groups excluding carboxylic acids is 2. The maximum absolute atomic E-state index is 11.4. The van der Waals surface area contributed by atoms with Crippen molar-refractivity contribution < 1.29 is 103 Å². The molecule has 2 fully saturated rings. The number of carbonyl (C=O) groups is 3. The second-order valence-electron chi connectivity index (χ2n) is 15.5. The zero-order valence-electron chi connectivity index (χ0n) is 32.3. The molecule has 0 amide bonds. The minimum atomic E-state index is -0.706. The zero-order valence-corrected chi connectivity index (χ0v) is 35.4. The number of carboxylic acid groups (broad SMARTS) is 1. The number of cyclic esters (lactones) is 2. The number of aliphatic hydroxyl groups is 2. The van der Waals surface area contributed by atoms with Gasteiger partial charge < -0.3 is 35.7 Å². The van der Waals surface area contributed by atoms with E-state index in [4.69, 9.17) is 14.6 Å². The van der Waals surface area contributed by atoms with E-state index < -0.39 is 18.2 Å². The molecular formula is C41H67KO10. The van der Waals surface area contributed by atoms with E-state index in [9.17, 15) is 24.6 Å². The van der Waals surface area contributed by atoms with Crippen LogP contribution in [0.4, 0.5) is 0 Å². The van der Waals surface area contributed by atoms with E-state index in [0.717, 1.165) is 32.1 Å². The molecular weight excluding hydrogens is 692 g/mol. The first-order valence-electron chi connectivity index (χ1n) is 19.2. The summed E-state index contributed by atoms with van der Waals surface area (Å²) in [4.78, 5) is 32.8. The van der Waals surface area contributed by atoms with Crippen LogP contribution in [0.1, 0.15) is 125 Å². The van der Waals surface area contributed by atoms with Crippen LogP contribution in [0.3, 0.4) is 0 Å². The van der Waals surface area contributed by atoms with Crippen molar-refractivity contribution in [2.75, 3.05) is 0 Å². The van der Waals surface area contributed by atoms with Crippen LogP contribution in [-0.4, -0.2) is 68.6 Å². The molecule has 4 aliphatic carbocycles. The Morgan fingerprint density at radius 2 is 1.21 bits per heavy atom. The monoisotopic (exact) mass is 759 g/mol. The molecule has 0 aromatic carbocycles. The van der Waals surface area contributed by atoms with Crippen molar-refractivity contribution in [3.8, 4) is 0 Å². The Morgan fingerprint density at radius 1 is 0.808 bits per heavy atom. The number of rotatable bonds is 8. The Labute approximate surface area is 355 Å². The molecule has 0 aromatic heterocycles. The van der Waals surface area contributed by atoms with Gasteiger partial charge in [0, 0.05) is 14.3 Å². The molecule has 0 bridgehead atoms. The summed E-state index contributed by atoms with van der Waals surface area (Å²) in [6.07, 6.45) is 26.7. The molecule has 2 aliphatic heterocycles. The third-order valence-electron chi connectivity index (χ3n) is 11.8. The van der Waals surface area contributed by atoms with Crippen molar-refractivity contribution in [1.29, 1.82) is 0 Å². The second kappa shape index (κ2) is 24.4. The molecule has 0 radical (unpaired) electrons. The average molecular weight is 760 g/mol. The van der Waals surface area contributed by atoms with E-state index in [1.165, 1.54) is 49.7 Å². The van der Waals surface area contributed by atoms with Crippen LogP contribution < -0.4 is 51.4 Å². The minimum Gasteiger partial charge on any atom is -0.870 e. The number of esters is 2. The Kier molecular flexibility index (Phi) is 22.9. The van der Waals surface area contributed by atoms with Crippen molar-refractivity contribution in [3.05, 3.63) is 47.6 Å². The van der Waals surface area contributed by atoms with Gasteiger partial charge in [-0.25, -0.2) is 0 Å². The zero-order chi connectivity index (χ0) is 35.5. The van der Waals surface area contributed by atoms with Gasteiger partial charge in [-0.3, -0.25) is 14.4 Å². The standard InChI is InChI=1S/2C18H26O3.C5H10O2.K.2H2O.H2/c2*1-12-6-7-13-4-2-3-5-17(13)16(12)9-8-15-10-14(19)11-18(20)21-15;1-3-4(2)5(6)7;;;;/h2*4,6-7,12,14-17,19H,2-3,5,8-11H2,1H3;4H,3H2,1-2H3,(H,6,7);;2*1H2;1H/q;;;+1;;;/p-1/i;;;;;;1+1. The molecule has 11 atom stereocenters. The van der Waals surface area contributed by atoms with Gasteiger partial charge >= 0.3 is 69.3 Å². The third-order valence-corrected chi connectivity index (χ3v) is 11.8. The molecule has 6 N–H and O–H groups in total. The Balaban J connectivity index is 0.000000815. The first-order chi connectivity index (χ1) is 23.4. The van der Waals surface area contributed by atoms with Crippen LogP contribution >= 0.6 is 0 Å². The first-order valence-corrected chi connectivity index (χ1v) is 19.2. The number of aliphatic carboxylic acids is 1. The van der Waals surface area contributed by atoms with Crippen LogP contribution in [0.15, 0.2) is 47.6 Å². The van der Waals surface area contributed by atoms with Gasteiger partial charge in [0.25, 0.3) is 0 Å². The van der Waals surface area contributed by atoms with E-state index in [-0.39, 0.29) is 107 Å². The second-order valence-corrected chi connectivity index (χ2v) is 15.5. The number of hydrogen-bond acceptors (Lipinski definition) is 8. The van der Waals surface area contributed by atoms with Gasteiger partial charge in [-0.2, -0.15) is 0 Å². The normalized spacial score (nSPS) is 33.7. The van der Waals surface area contributed by atoms with Gasteiger partial charge in [0.05, 0.1) is 31.0 Å². The fraction of sp³-hybridized carbons (Fsp3) is 0.732. The van der Waals surface area contributed by atoms with Crippen molar-refractivity contribution in [2.24, 2.45) is 41.4 Å². The van der Waals surface area contributed by atoms with Crippen LogP contribution in [0.2, 0.25) is 0 Å². The summed E-state index contributed by atoms with van der Waals surface area (Å²) in [6.45, 7) is 8.16.